The second-order valence-electron chi connectivity index (χ2n) is 6.69. The number of hydrogen-bond donors (Lipinski definition) is 2. The van der Waals surface area contributed by atoms with Crippen molar-refractivity contribution < 1.29 is 14.3 Å². The predicted molar refractivity (Wildman–Crippen MR) is 99.2 cm³/mol. The maximum atomic E-state index is 12.5. The van der Waals surface area contributed by atoms with Crippen molar-refractivity contribution >= 4 is 22.4 Å². The maximum absolute atomic E-state index is 12.5. The number of aromatic amines is 1. The third kappa shape index (κ3) is 3.17. The molecule has 8 nitrogen and oxygen atoms in total. The molecule has 0 unspecified atom stereocenters. The lowest BCUT2D eigenvalue weighted by Gasteiger charge is -2.16. The Morgan fingerprint density at radius 3 is 2.56 bits per heavy atom. The average molecular weight is 367 g/mol. The summed E-state index contributed by atoms with van der Waals surface area (Å²) in [4.78, 5) is 36.9. The van der Waals surface area contributed by atoms with E-state index < -0.39 is 22.8 Å². The van der Waals surface area contributed by atoms with Crippen molar-refractivity contribution in [1.82, 2.24) is 9.78 Å². The van der Waals surface area contributed by atoms with E-state index in [0.29, 0.717) is 17.2 Å². The Morgan fingerprint density at radius 1 is 1.07 bits per heavy atom. The van der Waals surface area contributed by atoms with Crippen molar-refractivity contribution in [3.05, 3.63) is 63.2 Å². The number of hydrogen-bond acceptors (Lipinski definition) is 5. The van der Waals surface area contributed by atoms with Crippen LogP contribution in [0.1, 0.15) is 13.8 Å². The highest BCUT2D eigenvalue weighted by molar-refractivity contribution is 5.91. The molecular weight excluding hydrogens is 350 g/mol. The van der Waals surface area contributed by atoms with Crippen LogP contribution in [-0.4, -0.2) is 21.5 Å². The fraction of sp³-hybridized carbons (Fsp3) is 0.211. The quantitative estimate of drug-likeness (QED) is 0.735. The molecule has 138 valence electrons. The van der Waals surface area contributed by atoms with Crippen molar-refractivity contribution in [2.75, 3.05) is 5.32 Å². The Bertz CT molecular complexity index is 1180. The minimum absolute atomic E-state index is 0.263. The van der Waals surface area contributed by atoms with Gasteiger partial charge in [-0.1, -0.05) is 12.1 Å². The molecule has 2 heterocycles. The number of ether oxygens (including phenoxy) is 2. The number of H-pyrrole nitrogens is 1. The summed E-state index contributed by atoms with van der Waals surface area (Å²) in [5.74, 6) is -0.105. The SMILES string of the molecule is CC1(C)Oc2ccc(NC(=O)Cn3[nH]c(=O)c4ccccc4c3=O)cc2O1. The molecule has 4 rings (SSSR count). The van der Waals surface area contributed by atoms with Gasteiger partial charge in [-0.2, -0.15) is 0 Å². The van der Waals surface area contributed by atoms with Crippen LogP contribution >= 0.6 is 0 Å². The van der Waals surface area contributed by atoms with E-state index in [1.807, 2.05) is 0 Å². The fourth-order valence-corrected chi connectivity index (χ4v) is 3.00. The number of rotatable bonds is 3. The first-order valence-electron chi connectivity index (χ1n) is 8.36. The summed E-state index contributed by atoms with van der Waals surface area (Å²) in [6, 6.07) is 11.5. The first kappa shape index (κ1) is 16.9. The van der Waals surface area contributed by atoms with E-state index in [9.17, 15) is 14.4 Å². The smallest absolute Gasteiger partial charge is 0.273 e. The third-order valence-corrected chi connectivity index (χ3v) is 4.12. The summed E-state index contributed by atoms with van der Waals surface area (Å²) in [5, 5.41) is 5.67. The Labute approximate surface area is 153 Å². The predicted octanol–water partition coefficient (Wildman–Crippen LogP) is 1.84. The van der Waals surface area contributed by atoms with Gasteiger partial charge in [-0.3, -0.25) is 19.5 Å². The zero-order valence-corrected chi connectivity index (χ0v) is 14.7. The zero-order chi connectivity index (χ0) is 19.2. The molecule has 2 aromatic carbocycles. The second-order valence-corrected chi connectivity index (χ2v) is 6.69. The monoisotopic (exact) mass is 367 g/mol. The average Bonchev–Trinajstić information content (AvgIpc) is 2.92. The van der Waals surface area contributed by atoms with Gasteiger partial charge in [0, 0.05) is 25.6 Å². The topological polar surface area (TPSA) is 102 Å². The van der Waals surface area contributed by atoms with Gasteiger partial charge in [-0.25, -0.2) is 4.68 Å². The summed E-state index contributed by atoms with van der Waals surface area (Å²) in [6.07, 6.45) is 0. The molecule has 0 radical (unpaired) electrons. The van der Waals surface area contributed by atoms with Crippen molar-refractivity contribution in [2.24, 2.45) is 0 Å². The van der Waals surface area contributed by atoms with Crippen molar-refractivity contribution in [3.8, 4) is 11.5 Å². The van der Waals surface area contributed by atoms with Gasteiger partial charge in [-0.05, 0) is 24.3 Å². The van der Waals surface area contributed by atoms with E-state index in [1.54, 1.807) is 56.3 Å². The second kappa shape index (κ2) is 6.01. The molecule has 0 bridgehead atoms. The van der Waals surface area contributed by atoms with Gasteiger partial charge < -0.3 is 14.8 Å². The summed E-state index contributed by atoms with van der Waals surface area (Å²) >= 11 is 0. The molecule has 0 saturated carbocycles. The Kier molecular flexibility index (Phi) is 3.76. The summed E-state index contributed by atoms with van der Waals surface area (Å²) in [6.45, 7) is 3.25. The molecule has 0 aliphatic carbocycles. The highest BCUT2D eigenvalue weighted by Gasteiger charge is 2.31. The van der Waals surface area contributed by atoms with Crippen molar-refractivity contribution in [2.45, 2.75) is 26.2 Å². The van der Waals surface area contributed by atoms with Crippen LogP contribution < -0.4 is 25.9 Å². The molecule has 27 heavy (non-hydrogen) atoms. The number of carbonyl (C=O) groups is 1. The van der Waals surface area contributed by atoms with Gasteiger partial charge in [0.05, 0.1) is 10.8 Å². The van der Waals surface area contributed by atoms with Crippen LogP contribution in [0.2, 0.25) is 0 Å². The number of anilines is 1. The number of carbonyl (C=O) groups excluding carboxylic acids is 1. The standard InChI is InChI=1S/C19H17N3O5/c1-19(2)26-14-8-7-11(9-15(14)27-19)20-16(23)10-22-18(25)13-6-4-3-5-12(13)17(24)21-22/h3-9H,10H2,1-2H3,(H,20,23)(H,21,24). The van der Waals surface area contributed by atoms with Crippen LogP contribution in [0, 0.1) is 0 Å². The highest BCUT2D eigenvalue weighted by Crippen LogP contribution is 2.40. The number of nitrogens with one attached hydrogen (secondary N) is 2. The molecule has 0 saturated heterocycles. The minimum atomic E-state index is -0.761. The number of benzene rings is 2. The van der Waals surface area contributed by atoms with Gasteiger partial charge >= 0.3 is 0 Å². The molecule has 0 fully saturated rings. The molecule has 0 spiro atoms. The number of nitrogens with zero attached hydrogens (tertiary/aromatic N) is 1. The molecular formula is C19H17N3O5. The van der Waals surface area contributed by atoms with E-state index in [0.717, 1.165) is 4.68 Å². The summed E-state index contributed by atoms with van der Waals surface area (Å²) in [7, 11) is 0. The van der Waals surface area contributed by atoms with E-state index >= 15 is 0 Å². The van der Waals surface area contributed by atoms with Crippen LogP contribution in [0.5, 0.6) is 11.5 Å². The number of aromatic nitrogens is 2. The lowest BCUT2D eigenvalue weighted by molar-refractivity contribution is -0.117. The maximum Gasteiger partial charge on any atom is 0.273 e. The summed E-state index contributed by atoms with van der Waals surface area (Å²) < 4.78 is 12.2. The zero-order valence-electron chi connectivity index (χ0n) is 14.7. The fourth-order valence-electron chi connectivity index (χ4n) is 3.00. The lowest BCUT2D eigenvalue weighted by Crippen LogP contribution is -2.34. The molecule has 8 heteroatoms. The molecule has 3 aromatic rings. The first-order valence-corrected chi connectivity index (χ1v) is 8.36. The number of fused-ring (bicyclic) bond motifs is 2. The summed E-state index contributed by atoms with van der Waals surface area (Å²) in [5.41, 5.74) is -0.368. The minimum Gasteiger partial charge on any atom is -0.449 e. The van der Waals surface area contributed by atoms with E-state index in [2.05, 4.69) is 10.4 Å². The molecule has 1 aromatic heterocycles. The molecule has 2 N–H and O–H groups in total. The van der Waals surface area contributed by atoms with Gasteiger partial charge in [0.1, 0.15) is 6.54 Å². The molecule has 0 atom stereocenters. The molecule has 1 aliphatic heterocycles. The van der Waals surface area contributed by atoms with E-state index in [-0.39, 0.29) is 17.3 Å². The number of amides is 1. The van der Waals surface area contributed by atoms with Gasteiger partial charge in [-0.15, -0.1) is 0 Å². The van der Waals surface area contributed by atoms with Crippen LogP contribution in [0.25, 0.3) is 10.8 Å². The van der Waals surface area contributed by atoms with Crippen molar-refractivity contribution in [1.29, 1.82) is 0 Å². The van der Waals surface area contributed by atoms with E-state index in [1.165, 1.54) is 0 Å². The molecule has 1 aliphatic rings. The van der Waals surface area contributed by atoms with Crippen LogP contribution in [0.3, 0.4) is 0 Å². The van der Waals surface area contributed by atoms with Gasteiger partial charge in [0.2, 0.25) is 11.7 Å². The van der Waals surface area contributed by atoms with Crippen LogP contribution in [0.15, 0.2) is 52.1 Å². The van der Waals surface area contributed by atoms with E-state index in [4.69, 9.17) is 9.47 Å². The highest BCUT2D eigenvalue weighted by atomic mass is 16.7. The van der Waals surface area contributed by atoms with Gasteiger partial charge in [0.25, 0.3) is 11.1 Å². The Morgan fingerprint density at radius 2 is 1.78 bits per heavy atom. The van der Waals surface area contributed by atoms with Crippen molar-refractivity contribution in [3.63, 3.8) is 0 Å². The Balaban J connectivity index is 1.56. The third-order valence-electron chi connectivity index (χ3n) is 4.12. The normalized spacial score (nSPS) is 14.3. The molecule has 1 amide bonds. The van der Waals surface area contributed by atoms with Gasteiger partial charge in [0.15, 0.2) is 11.5 Å². The first-order chi connectivity index (χ1) is 12.8. The largest absolute Gasteiger partial charge is 0.449 e. The van der Waals surface area contributed by atoms with Crippen LogP contribution in [-0.2, 0) is 11.3 Å². The lowest BCUT2D eigenvalue weighted by atomic mass is 10.2. The van der Waals surface area contributed by atoms with Crippen LogP contribution in [0.4, 0.5) is 5.69 Å². The Hall–Kier alpha value is -3.55.